The highest BCUT2D eigenvalue weighted by Gasteiger charge is 2.15. The van der Waals surface area contributed by atoms with Crippen LogP contribution in [0, 0.1) is 13.8 Å². The van der Waals surface area contributed by atoms with Crippen LogP contribution in [-0.4, -0.2) is 23.3 Å². The fourth-order valence-electron chi connectivity index (χ4n) is 2.25. The molecule has 0 amide bonds. The van der Waals surface area contributed by atoms with E-state index in [-0.39, 0.29) is 10.6 Å². The number of hydrogen-bond acceptors (Lipinski definition) is 4. The molecular weight excluding hydrogens is 326 g/mol. The Bertz CT molecular complexity index is 977. The molecule has 0 atom stereocenters. The first-order valence-corrected chi connectivity index (χ1v) is 8.79. The Labute approximate surface area is 140 Å². The fraction of sp³-hybridized carbons (Fsp3) is 0.118. The van der Waals surface area contributed by atoms with Gasteiger partial charge in [0.25, 0.3) is 10.0 Å². The molecule has 3 rings (SSSR count). The predicted molar refractivity (Wildman–Crippen MR) is 92.0 cm³/mol. The van der Waals surface area contributed by atoms with Crippen molar-refractivity contribution in [3.05, 3.63) is 66.0 Å². The summed E-state index contributed by atoms with van der Waals surface area (Å²) in [5, 5.41) is 14.2. The summed E-state index contributed by atoms with van der Waals surface area (Å²) in [4.78, 5) is 0.178. The monoisotopic (exact) mass is 343 g/mol. The summed E-state index contributed by atoms with van der Waals surface area (Å²) in [7, 11) is -3.70. The zero-order chi connectivity index (χ0) is 17.3. The molecule has 124 valence electrons. The molecule has 0 aliphatic rings. The lowest BCUT2D eigenvalue weighted by atomic mass is 10.2. The SMILES string of the molecule is Cc1ccc(S(=O)(=O)Nc2ccc(O)c(-n3ccc(C)n3)c2)cc1. The van der Waals surface area contributed by atoms with Crippen LogP contribution in [0.1, 0.15) is 11.3 Å². The zero-order valence-electron chi connectivity index (χ0n) is 13.3. The highest BCUT2D eigenvalue weighted by atomic mass is 32.2. The van der Waals surface area contributed by atoms with Crippen molar-refractivity contribution in [3.8, 4) is 11.4 Å². The number of rotatable bonds is 4. The van der Waals surface area contributed by atoms with Crippen LogP contribution in [0.15, 0.2) is 59.6 Å². The van der Waals surface area contributed by atoms with Gasteiger partial charge in [0.05, 0.1) is 16.3 Å². The molecule has 0 saturated heterocycles. The Balaban J connectivity index is 1.94. The summed E-state index contributed by atoms with van der Waals surface area (Å²) in [6, 6.07) is 12.8. The number of nitrogens with one attached hydrogen (secondary N) is 1. The highest BCUT2D eigenvalue weighted by molar-refractivity contribution is 7.92. The van der Waals surface area contributed by atoms with Gasteiger partial charge in [0.2, 0.25) is 0 Å². The van der Waals surface area contributed by atoms with Crippen LogP contribution >= 0.6 is 0 Å². The maximum atomic E-state index is 12.5. The highest BCUT2D eigenvalue weighted by Crippen LogP contribution is 2.26. The lowest BCUT2D eigenvalue weighted by Crippen LogP contribution is -2.13. The molecule has 0 aliphatic carbocycles. The molecule has 24 heavy (non-hydrogen) atoms. The number of aryl methyl sites for hydroxylation is 2. The number of aromatic nitrogens is 2. The molecular formula is C17H17N3O3S. The summed E-state index contributed by atoms with van der Waals surface area (Å²) in [5.41, 5.74) is 2.51. The molecule has 3 aromatic rings. The second-order valence-corrected chi connectivity index (χ2v) is 7.21. The van der Waals surface area contributed by atoms with E-state index in [4.69, 9.17) is 0 Å². The number of sulfonamides is 1. The van der Waals surface area contributed by atoms with Gasteiger partial charge in [0, 0.05) is 6.20 Å². The van der Waals surface area contributed by atoms with Crippen molar-refractivity contribution >= 4 is 15.7 Å². The van der Waals surface area contributed by atoms with Gasteiger partial charge in [0.1, 0.15) is 11.4 Å². The van der Waals surface area contributed by atoms with Gasteiger partial charge in [-0.15, -0.1) is 0 Å². The Morgan fingerprint density at radius 3 is 2.38 bits per heavy atom. The molecule has 0 fully saturated rings. The molecule has 0 unspecified atom stereocenters. The second kappa shape index (κ2) is 6.01. The number of phenolic OH excluding ortho intramolecular Hbond substituents is 1. The summed E-state index contributed by atoms with van der Waals surface area (Å²) >= 11 is 0. The zero-order valence-corrected chi connectivity index (χ0v) is 14.1. The van der Waals surface area contributed by atoms with Crippen LogP contribution in [0.25, 0.3) is 5.69 Å². The largest absolute Gasteiger partial charge is 0.506 e. The Morgan fingerprint density at radius 1 is 1.04 bits per heavy atom. The minimum absolute atomic E-state index is 0.0105. The molecule has 0 bridgehead atoms. The molecule has 6 nitrogen and oxygen atoms in total. The van der Waals surface area contributed by atoms with E-state index in [1.54, 1.807) is 36.5 Å². The van der Waals surface area contributed by atoms with Crippen LogP contribution in [0.3, 0.4) is 0 Å². The molecule has 0 aliphatic heterocycles. The van der Waals surface area contributed by atoms with E-state index in [0.29, 0.717) is 11.4 Å². The minimum atomic E-state index is -3.70. The maximum Gasteiger partial charge on any atom is 0.261 e. The number of phenols is 1. The number of aromatic hydroxyl groups is 1. The van der Waals surface area contributed by atoms with Crippen LogP contribution in [0.5, 0.6) is 5.75 Å². The fourth-order valence-corrected chi connectivity index (χ4v) is 3.30. The maximum absolute atomic E-state index is 12.5. The Kier molecular flexibility index (Phi) is 4.02. The van der Waals surface area contributed by atoms with Gasteiger partial charge >= 0.3 is 0 Å². The van der Waals surface area contributed by atoms with Crippen LogP contribution < -0.4 is 4.72 Å². The van der Waals surface area contributed by atoms with Crippen molar-refractivity contribution in [2.24, 2.45) is 0 Å². The average Bonchev–Trinajstić information content (AvgIpc) is 2.96. The number of benzene rings is 2. The van der Waals surface area contributed by atoms with E-state index in [9.17, 15) is 13.5 Å². The summed E-state index contributed by atoms with van der Waals surface area (Å²) in [6.07, 6.45) is 1.70. The van der Waals surface area contributed by atoms with Gasteiger partial charge < -0.3 is 5.11 Å². The molecule has 0 radical (unpaired) electrons. The predicted octanol–water partition coefficient (Wildman–Crippen LogP) is 3.00. The van der Waals surface area contributed by atoms with Gasteiger partial charge in [-0.2, -0.15) is 5.10 Å². The van der Waals surface area contributed by atoms with Crippen LogP contribution in [-0.2, 0) is 10.0 Å². The minimum Gasteiger partial charge on any atom is -0.506 e. The van der Waals surface area contributed by atoms with Crippen molar-refractivity contribution in [2.75, 3.05) is 4.72 Å². The molecule has 7 heteroatoms. The number of hydrogen-bond donors (Lipinski definition) is 2. The van der Waals surface area contributed by atoms with Crippen molar-refractivity contribution in [1.82, 2.24) is 9.78 Å². The molecule has 0 spiro atoms. The molecule has 2 aromatic carbocycles. The lowest BCUT2D eigenvalue weighted by Gasteiger charge is -2.11. The third-order valence-electron chi connectivity index (χ3n) is 3.53. The first-order chi connectivity index (χ1) is 11.3. The second-order valence-electron chi connectivity index (χ2n) is 5.52. The first-order valence-electron chi connectivity index (χ1n) is 7.30. The van der Waals surface area contributed by atoms with E-state index >= 15 is 0 Å². The van der Waals surface area contributed by atoms with Gasteiger partial charge in [-0.05, 0) is 50.2 Å². The number of nitrogens with zero attached hydrogens (tertiary/aromatic N) is 2. The number of anilines is 1. The third-order valence-corrected chi connectivity index (χ3v) is 4.93. The van der Waals surface area contributed by atoms with E-state index in [2.05, 4.69) is 9.82 Å². The van der Waals surface area contributed by atoms with E-state index in [1.807, 2.05) is 13.8 Å². The summed E-state index contributed by atoms with van der Waals surface area (Å²) < 4.78 is 28.9. The summed E-state index contributed by atoms with van der Waals surface area (Å²) in [5.74, 6) is 0.0105. The van der Waals surface area contributed by atoms with E-state index in [0.717, 1.165) is 11.3 Å². The van der Waals surface area contributed by atoms with Gasteiger partial charge in [-0.3, -0.25) is 4.72 Å². The average molecular weight is 343 g/mol. The topological polar surface area (TPSA) is 84.2 Å². The van der Waals surface area contributed by atoms with Crippen molar-refractivity contribution < 1.29 is 13.5 Å². The normalized spacial score (nSPS) is 11.4. The van der Waals surface area contributed by atoms with Gasteiger partial charge in [0.15, 0.2) is 0 Å². The van der Waals surface area contributed by atoms with Crippen molar-refractivity contribution in [3.63, 3.8) is 0 Å². The lowest BCUT2D eigenvalue weighted by molar-refractivity contribution is 0.470. The first kappa shape index (κ1) is 16.1. The van der Waals surface area contributed by atoms with E-state index < -0.39 is 10.0 Å². The van der Waals surface area contributed by atoms with E-state index in [1.165, 1.54) is 22.9 Å². The quantitative estimate of drug-likeness (QED) is 0.713. The smallest absolute Gasteiger partial charge is 0.261 e. The van der Waals surface area contributed by atoms with Crippen molar-refractivity contribution in [1.29, 1.82) is 0 Å². The third kappa shape index (κ3) is 3.26. The van der Waals surface area contributed by atoms with Crippen LogP contribution in [0.2, 0.25) is 0 Å². The van der Waals surface area contributed by atoms with Gasteiger partial charge in [-0.25, -0.2) is 13.1 Å². The molecule has 1 aromatic heterocycles. The molecule has 0 saturated carbocycles. The van der Waals surface area contributed by atoms with Crippen molar-refractivity contribution in [2.45, 2.75) is 18.7 Å². The van der Waals surface area contributed by atoms with Crippen LogP contribution in [0.4, 0.5) is 5.69 Å². The Morgan fingerprint density at radius 2 is 1.75 bits per heavy atom. The standard InChI is InChI=1S/C17H17N3O3S/c1-12-3-6-15(7-4-12)24(22,23)19-14-5-8-17(21)16(11-14)20-10-9-13(2)18-20/h3-11,19,21H,1-2H3. The molecule has 1 heterocycles. The Hall–Kier alpha value is -2.80. The molecule has 2 N–H and O–H groups in total. The summed E-state index contributed by atoms with van der Waals surface area (Å²) in [6.45, 7) is 3.72. The van der Waals surface area contributed by atoms with Gasteiger partial charge in [-0.1, -0.05) is 17.7 Å².